The summed E-state index contributed by atoms with van der Waals surface area (Å²) >= 11 is 0. The van der Waals surface area contributed by atoms with Gasteiger partial charge in [0.15, 0.2) is 6.29 Å². The first-order valence-electron chi connectivity index (χ1n) is 3.93. The number of unbranched alkanes of at least 4 members (excludes halogenated alkanes) is 1. The molecule has 3 nitrogen and oxygen atoms in total. The minimum atomic E-state index is 0.0680. The molecule has 0 fully saturated rings. The number of hydrogen-bond acceptors (Lipinski definition) is 2. The van der Waals surface area contributed by atoms with Gasteiger partial charge < -0.3 is 5.32 Å². The van der Waals surface area contributed by atoms with Crippen molar-refractivity contribution in [3.05, 3.63) is 0 Å². The fourth-order valence-corrected chi connectivity index (χ4v) is 0.704. The normalized spacial score (nSPS) is 9.18. The summed E-state index contributed by atoms with van der Waals surface area (Å²) in [6.45, 7) is 2.55. The van der Waals surface area contributed by atoms with E-state index in [0.717, 1.165) is 6.42 Å². The van der Waals surface area contributed by atoms with Crippen molar-refractivity contribution in [2.75, 3.05) is 6.54 Å². The predicted molar refractivity (Wildman–Crippen MR) is 42.8 cm³/mol. The maximum Gasteiger partial charge on any atom is 0.219 e. The van der Waals surface area contributed by atoms with Crippen molar-refractivity contribution in [1.29, 1.82) is 0 Å². The summed E-state index contributed by atoms with van der Waals surface area (Å²) in [6, 6.07) is 0. The highest BCUT2D eigenvalue weighted by molar-refractivity contribution is 5.75. The molecule has 0 aromatic rings. The van der Waals surface area contributed by atoms with Crippen LogP contribution in [0.15, 0.2) is 0 Å². The monoisotopic (exact) mass is 156 g/mol. The number of nitrogens with one attached hydrogen (secondary N) is 1. The summed E-state index contributed by atoms with van der Waals surface area (Å²) in [7, 11) is 0. The molecule has 0 rings (SSSR count). The van der Waals surface area contributed by atoms with Gasteiger partial charge in [0.05, 0.1) is 0 Å². The van der Waals surface area contributed by atoms with Crippen LogP contribution in [0.25, 0.3) is 0 Å². The van der Waals surface area contributed by atoms with Gasteiger partial charge in [0.2, 0.25) is 5.91 Å². The van der Waals surface area contributed by atoms with Gasteiger partial charge in [-0.05, 0) is 12.8 Å². The standard InChI is InChI=1S/C8H14NO2/c1-2-5-8(11)9-6-3-4-7-10/h2-6H2,1H3,(H,9,11). The molecule has 1 radical (unpaired) electrons. The van der Waals surface area contributed by atoms with Crippen LogP contribution in [0.5, 0.6) is 0 Å². The number of rotatable bonds is 6. The molecule has 0 heterocycles. The lowest BCUT2D eigenvalue weighted by molar-refractivity contribution is -0.121. The van der Waals surface area contributed by atoms with Crippen LogP contribution in [0.4, 0.5) is 0 Å². The molecule has 1 N–H and O–H groups in total. The lowest BCUT2D eigenvalue weighted by Crippen LogP contribution is -2.23. The van der Waals surface area contributed by atoms with Gasteiger partial charge in [0.25, 0.3) is 0 Å². The van der Waals surface area contributed by atoms with Crippen molar-refractivity contribution < 1.29 is 9.59 Å². The lowest BCUT2D eigenvalue weighted by Gasteiger charge is -2.00. The number of carbonyl (C=O) groups excluding carboxylic acids is 2. The molecule has 3 heteroatoms. The second-order valence-electron chi connectivity index (χ2n) is 2.35. The largest absolute Gasteiger partial charge is 0.356 e. The quantitative estimate of drug-likeness (QED) is 0.578. The molecule has 1 amide bonds. The Bertz CT molecular complexity index is 123. The van der Waals surface area contributed by atoms with Crippen LogP contribution < -0.4 is 5.32 Å². The maximum atomic E-state index is 10.8. The Balaban J connectivity index is 3.10. The Labute approximate surface area is 67.2 Å². The fraction of sp³-hybridized carbons (Fsp3) is 0.750. The van der Waals surface area contributed by atoms with Gasteiger partial charge in [-0.1, -0.05) is 6.92 Å². The molecular formula is C8H14NO2. The third-order valence-electron chi connectivity index (χ3n) is 1.25. The van der Waals surface area contributed by atoms with Crippen LogP contribution in [-0.2, 0) is 9.59 Å². The molecule has 0 aliphatic rings. The minimum Gasteiger partial charge on any atom is -0.356 e. The van der Waals surface area contributed by atoms with E-state index in [1.807, 2.05) is 6.92 Å². The zero-order valence-electron chi connectivity index (χ0n) is 6.85. The third-order valence-corrected chi connectivity index (χ3v) is 1.25. The fourth-order valence-electron chi connectivity index (χ4n) is 0.704. The Kier molecular flexibility index (Phi) is 6.68. The number of hydrogen-bond donors (Lipinski definition) is 1. The molecule has 0 unspecified atom stereocenters. The molecule has 11 heavy (non-hydrogen) atoms. The summed E-state index contributed by atoms with van der Waals surface area (Å²) in [4.78, 5) is 20.5. The van der Waals surface area contributed by atoms with Crippen molar-refractivity contribution in [3.63, 3.8) is 0 Å². The average molecular weight is 156 g/mol. The van der Waals surface area contributed by atoms with Gasteiger partial charge in [-0.25, -0.2) is 0 Å². The molecule has 0 spiro atoms. The van der Waals surface area contributed by atoms with E-state index in [9.17, 15) is 9.59 Å². The lowest BCUT2D eigenvalue weighted by atomic mass is 10.3. The summed E-state index contributed by atoms with van der Waals surface area (Å²) in [5.41, 5.74) is 0. The summed E-state index contributed by atoms with van der Waals surface area (Å²) in [5, 5.41) is 2.70. The highest BCUT2D eigenvalue weighted by Crippen LogP contribution is 1.86. The Morgan fingerprint density at radius 3 is 2.82 bits per heavy atom. The topological polar surface area (TPSA) is 46.2 Å². The molecule has 0 saturated carbocycles. The van der Waals surface area contributed by atoms with Crippen molar-refractivity contribution in [1.82, 2.24) is 5.32 Å². The van der Waals surface area contributed by atoms with Crippen LogP contribution in [0.2, 0.25) is 0 Å². The van der Waals surface area contributed by atoms with E-state index in [1.165, 1.54) is 0 Å². The van der Waals surface area contributed by atoms with Crippen LogP contribution in [0, 0.1) is 0 Å². The Hall–Kier alpha value is -0.860. The molecule has 0 bridgehead atoms. The summed E-state index contributed by atoms with van der Waals surface area (Å²) in [5.74, 6) is 0.0680. The van der Waals surface area contributed by atoms with E-state index in [0.29, 0.717) is 25.8 Å². The summed E-state index contributed by atoms with van der Waals surface area (Å²) < 4.78 is 0. The second kappa shape index (κ2) is 7.25. The van der Waals surface area contributed by atoms with E-state index in [2.05, 4.69) is 5.32 Å². The Morgan fingerprint density at radius 1 is 1.55 bits per heavy atom. The minimum absolute atomic E-state index is 0.0680. The first-order valence-corrected chi connectivity index (χ1v) is 3.93. The zero-order chi connectivity index (χ0) is 8.53. The van der Waals surface area contributed by atoms with Crippen molar-refractivity contribution >= 4 is 12.2 Å². The zero-order valence-corrected chi connectivity index (χ0v) is 6.85. The maximum absolute atomic E-state index is 10.8. The number of carbonyl (C=O) groups is 1. The van der Waals surface area contributed by atoms with E-state index in [1.54, 1.807) is 6.29 Å². The van der Waals surface area contributed by atoms with Gasteiger partial charge >= 0.3 is 0 Å². The molecule has 0 aliphatic carbocycles. The molecule has 63 valence electrons. The third kappa shape index (κ3) is 7.03. The van der Waals surface area contributed by atoms with Crippen molar-refractivity contribution in [2.45, 2.75) is 32.6 Å². The SMILES string of the molecule is CCCC(=O)NCCC[C]=O. The van der Waals surface area contributed by atoms with Crippen LogP contribution in [-0.4, -0.2) is 18.7 Å². The van der Waals surface area contributed by atoms with Crippen LogP contribution in [0.3, 0.4) is 0 Å². The van der Waals surface area contributed by atoms with Crippen LogP contribution >= 0.6 is 0 Å². The van der Waals surface area contributed by atoms with E-state index < -0.39 is 0 Å². The van der Waals surface area contributed by atoms with E-state index >= 15 is 0 Å². The molecule has 0 aliphatic heterocycles. The molecule has 0 atom stereocenters. The van der Waals surface area contributed by atoms with Gasteiger partial charge in [-0.3, -0.25) is 9.59 Å². The van der Waals surface area contributed by atoms with E-state index in [-0.39, 0.29) is 5.91 Å². The molecular weight excluding hydrogens is 142 g/mol. The van der Waals surface area contributed by atoms with Gasteiger partial charge in [0, 0.05) is 19.4 Å². The van der Waals surface area contributed by atoms with Gasteiger partial charge in [0.1, 0.15) is 0 Å². The predicted octanol–water partition coefficient (Wildman–Crippen LogP) is 0.793. The van der Waals surface area contributed by atoms with E-state index in [4.69, 9.17) is 0 Å². The average Bonchev–Trinajstić information content (AvgIpc) is 1.99. The molecule has 0 aromatic heterocycles. The first-order chi connectivity index (χ1) is 5.31. The highest BCUT2D eigenvalue weighted by Gasteiger charge is 1.96. The second-order valence-corrected chi connectivity index (χ2v) is 2.35. The summed E-state index contributed by atoms with van der Waals surface area (Å²) in [6.07, 6.45) is 4.32. The Morgan fingerprint density at radius 2 is 2.27 bits per heavy atom. The molecule has 0 aromatic carbocycles. The highest BCUT2D eigenvalue weighted by atomic mass is 16.1. The first kappa shape index (κ1) is 10.1. The number of amides is 1. The van der Waals surface area contributed by atoms with Gasteiger partial charge in [-0.15, -0.1) is 0 Å². The van der Waals surface area contributed by atoms with Crippen molar-refractivity contribution in [3.8, 4) is 0 Å². The van der Waals surface area contributed by atoms with Crippen LogP contribution in [0.1, 0.15) is 32.6 Å². The smallest absolute Gasteiger partial charge is 0.219 e. The van der Waals surface area contributed by atoms with Crippen molar-refractivity contribution in [2.24, 2.45) is 0 Å². The molecule has 0 saturated heterocycles. The van der Waals surface area contributed by atoms with Gasteiger partial charge in [-0.2, -0.15) is 0 Å².